The molecule has 0 saturated carbocycles. The lowest BCUT2D eigenvalue weighted by Gasteiger charge is -2.15. The summed E-state index contributed by atoms with van der Waals surface area (Å²) < 4.78 is 8.33. The van der Waals surface area contributed by atoms with Gasteiger partial charge in [-0.05, 0) is 42.3 Å². The van der Waals surface area contributed by atoms with E-state index < -0.39 is 11.9 Å². The van der Waals surface area contributed by atoms with Crippen LogP contribution < -0.4 is 11.0 Å². The summed E-state index contributed by atoms with van der Waals surface area (Å²) in [6.45, 7) is 2.02. The van der Waals surface area contributed by atoms with Gasteiger partial charge < -0.3 is 9.30 Å². The van der Waals surface area contributed by atoms with Crippen molar-refractivity contribution in [2.45, 2.75) is 13.5 Å². The van der Waals surface area contributed by atoms with Gasteiger partial charge in [0.1, 0.15) is 16.9 Å². The molecule has 188 valence electrons. The monoisotopic (exact) mass is 504 g/mol. The molecule has 38 heavy (non-hydrogen) atoms. The Morgan fingerprint density at radius 3 is 2.42 bits per heavy atom. The zero-order valence-electron chi connectivity index (χ0n) is 20.7. The first-order chi connectivity index (χ1) is 18.5. The highest BCUT2D eigenvalue weighted by atomic mass is 16.5. The molecule has 0 unspecified atom stereocenters. The molecule has 0 saturated heterocycles. The van der Waals surface area contributed by atoms with Crippen LogP contribution in [0.4, 0.5) is 0 Å². The third-order valence-corrected chi connectivity index (χ3v) is 5.90. The molecule has 0 radical (unpaired) electrons. The maximum Gasteiger partial charge on any atom is 0.341 e. The summed E-state index contributed by atoms with van der Waals surface area (Å²) >= 11 is 0. The Kier molecular flexibility index (Phi) is 7.04. The molecule has 3 heterocycles. The van der Waals surface area contributed by atoms with E-state index in [1.54, 1.807) is 42.0 Å². The molecule has 0 fully saturated rings. The van der Waals surface area contributed by atoms with E-state index in [0.717, 1.165) is 11.1 Å². The van der Waals surface area contributed by atoms with Gasteiger partial charge in [-0.1, -0.05) is 66.7 Å². The van der Waals surface area contributed by atoms with Crippen molar-refractivity contribution in [3.05, 3.63) is 130 Å². The van der Waals surface area contributed by atoms with Crippen LogP contribution in [-0.4, -0.2) is 32.4 Å². The minimum Gasteiger partial charge on any atom is -0.462 e. The zero-order chi connectivity index (χ0) is 26.5. The number of aromatic nitrogens is 3. The molecule has 0 spiro atoms. The summed E-state index contributed by atoms with van der Waals surface area (Å²) in [6, 6.07) is 25.5. The molecule has 0 aliphatic rings. The molecule has 3 aromatic heterocycles. The van der Waals surface area contributed by atoms with Gasteiger partial charge in [0, 0.05) is 12.3 Å². The van der Waals surface area contributed by atoms with Gasteiger partial charge in [0.15, 0.2) is 5.49 Å². The Morgan fingerprint density at radius 2 is 1.68 bits per heavy atom. The number of pyridine rings is 2. The summed E-state index contributed by atoms with van der Waals surface area (Å²) in [5.74, 6) is -1.26. The summed E-state index contributed by atoms with van der Waals surface area (Å²) in [5, 5.41) is 0.207. The quantitative estimate of drug-likeness (QED) is 0.198. The average Bonchev–Trinajstić information content (AvgIpc) is 2.94. The number of ether oxygens (including phenoxy) is 1. The van der Waals surface area contributed by atoms with Gasteiger partial charge in [0.05, 0.1) is 18.5 Å². The minimum atomic E-state index is -0.688. The van der Waals surface area contributed by atoms with Crippen molar-refractivity contribution >= 4 is 34.6 Å². The lowest BCUT2D eigenvalue weighted by Crippen LogP contribution is -2.33. The van der Waals surface area contributed by atoms with Crippen molar-refractivity contribution < 1.29 is 14.3 Å². The van der Waals surface area contributed by atoms with Gasteiger partial charge >= 0.3 is 5.97 Å². The van der Waals surface area contributed by atoms with Crippen LogP contribution in [0.5, 0.6) is 0 Å². The second-order valence-corrected chi connectivity index (χ2v) is 8.45. The number of hydrogen-bond acceptors (Lipinski definition) is 5. The molecule has 5 aromatic rings. The Balaban J connectivity index is 1.81. The van der Waals surface area contributed by atoms with Crippen molar-refractivity contribution in [2.75, 3.05) is 6.61 Å². The molecule has 0 aliphatic carbocycles. The largest absolute Gasteiger partial charge is 0.462 e. The molecule has 0 atom stereocenters. The van der Waals surface area contributed by atoms with Crippen molar-refractivity contribution in [2.24, 2.45) is 4.99 Å². The van der Waals surface area contributed by atoms with Crippen molar-refractivity contribution in [1.82, 2.24) is 14.0 Å². The maximum atomic E-state index is 13.5. The number of rotatable bonds is 6. The second-order valence-electron chi connectivity index (χ2n) is 8.45. The van der Waals surface area contributed by atoms with E-state index >= 15 is 0 Å². The standard InChI is InChI=1S/C30H24N4O4/c1-2-38-30(37)24-19-23-27(31-25-15-9-10-18-33(25)29(23)36)34(20-22-13-7-4-8-14-22)28(24)32-26(35)17-16-21-11-5-3-6-12-21/h3-19H,2,20H2,1H3. The van der Waals surface area contributed by atoms with Crippen LogP contribution in [0.15, 0.2) is 107 Å². The molecule has 8 nitrogen and oxygen atoms in total. The van der Waals surface area contributed by atoms with E-state index in [4.69, 9.17) is 9.72 Å². The topological polar surface area (TPSA) is 95.0 Å². The number of nitrogens with zero attached hydrogens (tertiary/aromatic N) is 4. The fraction of sp³-hybridized carbons (Fsp3) is 0.100. The lowest BCUT2D eigenvalue weighted by atomic mass is 10.1. The SMILES string of the molecule is CCOC(=O)c1cc2c(=O)n3ccccc3nc2n(Cc2ccccc2)c1=NC(=O)C=Cc1ccccc1. The number of carbonyl (C=O) groups excluding carboxylic acids is 2. The van der Waals surface area contributed by atoms with Crippen molar-refractivity contribution in [1.29, 1.82) is 0 Å². The van der Waals surface area contributed by atoms with Crippen LogP contribution in [0.25, 0.3) is 22.8 Å². The van der Waals surface area contributed by atoms with E-state index in [-0.39, 0.29) is 35.1 Å². The smallest absolute Gasteiger partial charge is 0.341 e. The van der Waals surface area contributed by atoms with Crippen molar-refractivity contribution in [3.63, 3.8) is 0 Å². The van der Waals surface area contributed by atoms with Gasteiger partial charge in [-0.2, -0.15) is 4.99 Å². The third kappa shape index (κ3) is 5.05. The van der Waals surface area contributed by atoms with Crippen LogP contribution in [0.2, 0.25) is 0 Å². The van der Waals surface area contributed by atoms with Gasteiger partial charge in [0.2, 0.25) is 0 Å². The van der Waals surface area contributed by atoms with Gasteiger partial charge in [-0.25, -0.2) is 9.78 Å². The molecule has 5 rings (SSSR count). The average molecular weight is 505 g/mol. The first-order valence-electron chi connectivity index (χ1n) is 12.1. The van der Waals surface area contributed by atoms with Crippen LogP contribution in [-0.2, 0) is 16.1 Å². The van der Waals surface area contributed by atoms with E-state index in [1.165, 1.54) is 16.5 Å². The highest BCUT2D eigenvalue weighted by Gasteiger charge is 2.20. The second kappa shape index (κ2) is 10.9. The van der Waals surface area contributed by atoms with Crippen LogP contribution >= 0.6 is 0 Å². The van der Waals surface area contributed by atoms with Gasteiger partial charge in [-0.3, -0.25) is 14.0 Å². The molecular weight excluding hydrogens is 480 g/mol. The minimum absolute atomic E-state index is 0.00604. The van der Waals surface area contributed by atoms with Crippen LogP contribution in [0.1, 0.15) is 28.4 Å². The first kappa shape index (κ1) is 24.6. The highest BCUT2D eigenvalue weighted by Crippen LogP contribution is 2.14. The molecule has 2 aromatic carbocycles. The number of fused-ring (bicyclic) bond motifs is 2. The Morgan fingerprint density at radius 1 is 0.974 bits per heavy atom. The van der Waals surface area contributed by atoms with Gasteiger partial charge in [0.25, 0.3) is 11.5 Å². The third-order valence-electron chi connectivity index (χ3n) is 5.90. The van der Waals surface area contributed by atoms with Gasteiger partial charge in [-0.15, -0.1) is 0 Å². The molecule has 1 amide bonds. The van der Waals surface area contributed by atoms with E-state index in [1.807, 2.05) is 60.7 Å². The molecule has 0 N–H and O–H groups in total. The van der Waals surface area contributed by atoms with E-state index in [0.29, 0.717) is 11.3 Å². The molecule has 8 heteroatoms. The van der Waals surface area contributed by atoms with Crippen molar-refractivity contribution in [3.8, 4) is 0 Å². The summed E-state index contributed by atoms with van der Waals surface area (Å²) in [4.78, 5) is 48.6. The normalized spacial score (nSPS) is 11.9. The summed E-state index contributed by atoms with van der Waals surface area (Å²) in [6.07, 6.45) is 4.60. The number of amides is 1. The summed E-state index contributed by atoms with van der Waals surface area (Å²) in [7, 11) is 0. The molecule has 0 aliphatic heterocycles. The number of benzene rings is 2. The van der Waals surface area contributed by atoms with Crippen LogP contribution in [0, 0.1) is 0 Å². The number of carbonyl (C=O) groups is 2. The predicted molar refractivity (Wildman–Crippen MR) is 145 cm³/mol. The van der Waals surface area contributed by atoms with Crippen LogP contribution in [0.3, 0.4) is 0 Å². The fourth-order valence-electron chi connectivity index (χ4n) is 4.15. The molecule has 0 bridgehead atoms. The highest BCUT2D eigenvalue weighted by molar-refractivity contribution is 5.96. The Hall–Kier alpha value is -5.11. The molecular formula is C30H24N4O4. The first-order valence-corrected chi connectivity index (χ1v) is 12.1. The Bertz CT molecular complexity index is 1800. The summed E-state index contributed by atoms with van der Waals surface area (Å²) in [5.41, 5.74) is 2.16. The lowest BCUT2D eigenvalue weighted by molar-refractivity contribution is -0.113. The zero-order valence-corrected chi connectivity index (χ0v) is 20.7. The number of hydrogen-bond donors (Lipinski definition) is 0. The fourth-order valence-corrected chi connectivity index (χ4v) is 4.15. The Labute approximate surface area is 217 Å². The van der Waals surface area contributed by atoms with E-state index in [2.05, 4.69) is 4.99 Å². The van der Waals surface area contributed by atoms with E-state index in [9.17, 15) is 14.4 Å². The predicted octanol–water partition coefficient (Wildman–Crippen LogP) is 4.01. The number of esters is 1. The maximum absolute atomic E-state index is 13.5.